The summed E-state index contributed by atoms with van der Waals surface area (Å²) in [6.07, 6.45) is 2.66. The molecule has 0 radical (unpaired) electrons. The summed E-state index contributed by atoms with van der Waals surface area (Å²) in [7, 11) is 0. The van der Waals surface area contributed by atoms with E-state index in [-0.39, 0.29) is 11.4 Å². The van der Waals surface area contributed by atoms with E-state index in [2.05, 4.69) is 45.8 Å². The lowest BCUT2D eigenvalue weighted by molar-refractivity contribution is 0.764. The van der Waals surface area contributed by atoms with Crippen molar-refractivity contribution in [2.24, 2.45) is 0 Å². The van der Waals surface area contributed by atoms with E-state index < -0.39 is 0 Å². The fourth-order valence-electron chi connectivity index (χ4n) is 3.00. The average Bonchev–Trinajstić information content (AvgIpc) is 2.84. The predicted octanol–water partition coefficient (Wildman–Crippen LogP) is 3.95. The molecule has 0 saturated carbocycles. The summed E-state index contributed by atoms with van der Waals surface area (Å²) in [6.45, 7) is 0. The van der Waals surface area contributed by atoms with Gasteiger partial charge in [-0.3, -0.25) is 0 Å². The highest BCUT2D eigenvalue weighted by atomic mass is 35.5. The van der Waals surface area contributed by atoms with Crippen LogP contribution in [0.2, 0.25) is 0 Å². The van der Waals surface area contributed by atoms with Gasteiger partial charge < -0.3 is 5.32 Å². The van der Waals surface area contributed by atoms with Crippen LogP contribution in [0.3, 0.4) is 0 Å². The van der Waals surface area contributed by atoms with E-state index in [1.165, 1.54) is 11.1 Å². The maximum atomic E-state index is 6.53. The van der Waals surface area contributed by atoms with Crippen LogP contribution in [0.1, 0.15) is 17.2 Å². The van der Waals surface area contributed by atoms with Crippen LogP contribution in [0.25, 0.3) is 10.8 Å². The Balaban J connectivity index is 1.75. The molecule has 4 heteroatoms. The maximum absolute atomic E-state index is 6.53. The molecule has 1 aliphatic rings. The Morgan fingerprint density at radius 2 is 1.86 bits per heavy atom. The number of nitrogens with zero attached hydrogens (tertiary/aromatic N) is 2. The molecule has 3 aromatic rings. The molecule has 2 unspecified atom stereocenters. The van der Waals surface area contributed by atoms with Gasteiger partial charge in [0.1, 0.15) is 0 Å². The monoisotopic (exact) mass is 295 g/mol. The zero-order chi connectivity index (χ0) is 14.2. The van der Waals surface area contributed by atoms with Gasteiger partial charge in [-0.25, -0.2) is 0 Å². The summed E-state index contributed by atoms with van der Waals surface area (Å²) in [5.41, 5.74) is 2.57. The number of alkyl halides is 1. The van der Waals surface area contributed by atoms with Crippen LogP contribution in [0, 0.1) is 0 Å². The number of aromatic nitrogens is 2. The van der Waals surface area contributed by atoms with E-state index >= 15 is 0 Å². The molecular formula is C17H14ClN3. The van der Waals surface area contributed by atoms with E-state index in [1.54, 1.807) is 6.20 Å². The molecule has 0 bridgehead atoms. The second kappa shape index (κ2) is 5.01. The molecule has 1 heterocycles. The number of fused-ring (bicyclic) bond motifs is 2. The van der Waals surface area contributed by atoms with Gasteiger partial charge in [-0.2, -0.15) is 5.10 Å². The van der Waals surface area contributed by atoms with Crippen LogP contribution >= 0.6 is 11.6 Å². The first-order valence-electron chi connectivity index (χ1n) is 7.02. The molecule has 0 fully saturated rings. The van der Waals surface area contributed by atoms with Gasteiger partial charge in [-0.05, 0) is 17.5 Å². The smallest absolute Gasteiger partial charge is 0.157 e. The van der Waals surface area contributed by atoms with Crippen molar-refractivity contribution in [2.45, 2.75) is 17.8 Å². The normalized spacial score (nSPS) is 20.4. The van der Waals surface area contributed by atoms with Crippen LogP contribution in [0.5, 0.6) is 0 Å². The number of nitrogens with one attached hydrogen (secondary N) is 1. The van der Waals surface area contributed by atoms with E-state index in [0.29, 0.717) is 0 Å². The number of benzene rings is 2. The molecular weight excluding hydrogens is 282 g/mol. The lowest BCUT2D eigenvalue weighted by Crippen LogP contribution is -2.18. The maximum Gasteiger partial charge on any atom is 0.157 e. The zero-order valence-corrected chi connectivity index (χ0v) is 12.1. The minimum absolute atomic E-state index is 0.0307. The summed E-state index contributed by atoms with van der Waals surface area (Å²) < 4.78 is 0. The number of hydrogen-bond donors (Lipinski definition) is 1. The third-order valence-electron chi connectivity index (χ3n) is 4.03. The fourth-order valence-corrected chi connectivity index (χ4v) is 3.36. The Labute approximate surface area is 128 Å². The molecule has 104 valence electrons. The van der Waals surface area contributed by atoms with Crippen LogP contribution in [-0.4, -0.2) is 15.6 Å². The molecule has 1 aromatic heterocycles. The molecule has 3 nitrogen and oxygen atoms in total. The molecule has 0 saturated heterocycles. The topological polar surface area (TPSA) is 37.8 Å². The number of rotatable bonds is 2. The molecule has 1 aliphatic carbocycles. The second-order valence-electron chi connectivity index (χ2n) is 5.32. The van der Waals surface area contributed by atoms with Crippen molar-refractivity contribution in [3.8, 4) is 0 Å². The minimum Gasteiger partial charge on any atom is -0.360 e. The van der Waals surface area contributed by atoms with E-state index in [0.717, 1.165) is 23.0 Å². The van der Waals surface area contributed by atoms with Gasteiger partial charge in [0.2, 0.25) is 0 Å². The summed E-state index contributed by atoms with van der Waals surface area (Å²) >= 11 is 6.53. The Morgan fingerprint density at radius 1 is 1.05 bits per heavy atom. The molecule has 2 aromatic carbocycles. The molecule has 4 rings (SSSR count). The van der Waals surface area contributed by atoms with Crippen molar-refractivity contribution in [1.82, 2.24) is 10.2 Å². The van der Waals surface area contributed by atoms with E-state index in [9.17, 15) is 0 Å². The van der Waals surface area contributed by atoms with Crippen molar-refractivity contribution in [2.75, 3.05) is 5.32 Å². The van der Waals surface area contributed by atoms with Crippen LogP contribution in [0.15, 0.2) is 54.7 Å². The van der Waals surface area contributed by atoms with Crippen molar-refractivity contribution in [1.29, 1.82) is 0 Å². The van der Waals surface area contributed by atoms with E-state index in [4.69, 9.17) is 11.6 Å². The lowest BCUT2D eigenvalue weighted by Gasteiger charge is -2.18. The van der Waals surface area contributed by atoms with Gasteiger partial charge in [-0.1, -0.05) is 48.5 Å². The Kier molecular flexibility index (Phi) is 3.00. The first-order chi connectivity index (χ1) is 10.3. The lowest BCUT2D eigenvalue weighted by atomic mass is 10.1. The van der Waals surface area contributed by atoms with Crippen LogP contribution in [0.4, 0.5) is 5.82 Å². The zero-order valence-electron chi connectivity index (χ0n) is 11.3. The third kappa shape index (κ3) is 2.14. The largest absolute Gasteiger partial charge is 0.360 e. The SMILES string of the molecule is ClC1Cc2ccccc2C1Nc1nncc2ccccc12. The van der Waals surface area contributed by atoms with Gasteiger partial charge >= 0.3 is 0 Å². The highest BCUT2D eigenvalue weighted by Gasteiger charge is 2.31. The van der Waals surface area contributed by atoms with Crippen molar-refractivity contribution in [3.63, 3.8) is 0 Å². The molecule has 0 spiro atoms. The standard InChI is InChI=1S/C17H14ClN3/c18-15-9-11-5-1-3-7-13(11)16(15)20-17-14-8-4-2-6-12(14)10-19-21-17/h1-8,10,15-16H,9H2,(H,20,21). The molecule has 0 aliphatic heterocycles. The Hall–Kier alpha value is -2.13. The van der Waals surface area contributed by atoms with Gasteiger partial charge in [-0.15, -0.1) is 16.7 Å². The summed E-state index contributed by atoms with van der Waals surface area (Å²) in [5.74, 6) is 0.792. The Morgan fingerprint density at radius 3 is 2.81 bits per heavy atom. The number of halogens is 1. The van der Waals surface area contributed by atoms with Gasteiger partial charge in [0.25, 0.3) is 0 Å². The molecule has 1 N–H and O–H groups in total. The first-order valence-corrected chi connectivity index (χ1v) is 7.45. The van der Waals surface area contributed by atoms with Crippen LogP contribution < -0.4 is 5.32 Å². The molecule has 0 amide bonds. The first kappa shape index (κ1) is 12.6. The van der Waals surface area contributed by atoms with Gasteiger partial charge in [0.05, 0.1) is 17.6 Å². The minimum atomic E-state index is 0.0307. The third-order valence-corrected chi connectivity index (χ3v) is 4.44. The predicted molar refractivity (Wildman–Crippen MR) is 85.7 cm³/mol. The van der Waals surface area contributed by atoms with Gasteiger partial charge in [0.15, 0.2) is 5.82 Å². The van der Waals surface area contributed by atoms with Crippen molar-refractivity contribution < 1.29 is 0 Å². The highest BCUT2D eigenvalue weighted by molar-refractivity contribution is 6.21. The quantitative estimate of drug-likeness (QED) is 0.728. The highest BCUT2D eigenvalue weighted by Crippen LogP contribution is 2.37. The fraction of sp³-hybridized carbons (Fsp3) is 0.176. The van der Waals surface area contributed by atoms with Crippen LogP contribution in [-0.2, 0) is 6.42 Å². The average molecular weight is 296 g/mol. The Bertz CT molecular complexity index is 797. The number of hydrogen-bond acceptors (Lipinski definition) is 3. The van der Waals surface area contributed by atoms with Gasteiger partial charge in [0, 0.05) is 10.8 Å². The molecule has 2 atom stereocenters. The number of anilines is 1. The summed E-state index contributed by atoms with van der Waals surface area (Å²) in [6, 6.07) is 16.6. The second-order valence-corrected chi connectivity index (χ2v) is 5.88. The van der Waals surface area contributed by atoms with Crippen molar-refractivity contribution in [3.05, 3.63) is 65.9 Å². The van der Waals surface area contributed by atoms with E-state index in [1.807, 2.05) is 18.2 Å². The summed E-state index contributed by atoms with van der Waals surface area (Å²) in [5, 5.41) is 14.0. The van der Waals surface area contributed by atoms with Crippen molar-refractivity contribution >= 4 is 28.2 Å². The summed E-state index contributed by atoms with van der Waals surface area (Å²) in [4.78, 5) is 0. The molecule has 21 heavy (non-hydrogen) atoms.